The third-order valence-corrected chi connectivity index (χ3v) is 3.88. The van der Waals surface area contributed by atoms with Gasteiger partial charge in [-0.25, -0.2) is 10.6 Å². The maximum absolute atomic E-state index is 12.1. The van der Waals surface area contributed by atoms with Gasteiger partial charge in [0.1, 0.15) is 0 Å². The number of morpholine rings is 1. The Balaban J connectivity index is 1.98. The first kappa shape index (κ1) is 14.8. The molecule has 10 heteroatoms. The summed E-state index contributed by atoms with van der Waals surface area (Å²) in [6.07, 6.45) is 0. The van der Waals surface area contributed by atoms with Crippen LogP contribution in [-0.2, 0) is 18.3 Å². The van der Waals surface area contributed by atoms with Gasteiger partial charge in [-0.1, -0.05) is 0 Å². The van der Waals surface area contributed by atoms with Crippen LogP contribution in [0.4, 0.5) is 5.95 Å². The molecule has 22 heavy (non-hydrogen) atoms. The van der Waals surface area contributed by atoms with E-state index in [1.54, 1.807) is 11.6 Å². The van der Waals surface area contributed by atoms with Gasteiger partial charge in [-0.2, -0.15) is 4.98 Å². The molecule has 2 aromatic rings. The lowest BCUT2D eigenvalue weighted by Gasteiger charge is -2.26. The molecule has 0 amide bonds. The molecule has 1 saturated heterocycles. The lowest BCUT2D eigenvalue weighted by atomic mass is 10.4. The van der Waals surface area contributed by atoms with Gasteiger partial charge >= 0.3 is 5.69 Å². The number of nitrogen functional groups attached to an aromatic ring is 1. The number of ether oxygens (including phenoxy) is 1. The zero-order valence-electron chi connectivity index (χ0n) is 12.3. The van der Waals surface area contributed by atoms with E-state index in [0.29, 0.717) is 36.9 Å². The lowest BCUT2D eigenvalue weighted by molar-refractivity contribution is 0.0366. The molecule has 0 bridgehead atoms. The minimum atomic E-state index is -0.501. The Hall–Kier alpha value is -2.17. The summed E-state index contributed by atoms with van der Waals surface area (Å²) in [6.45, 7) is 4.41. The number of fused-ring (bicyclic) bond motifs is 1. The number of anilines is 1. The highest BCUT2D eigenvalue weighted by atomic mass is 16.5. The van der Waals surface area contributed by atoms with E-state index in [1.807, 2.05) is 0 Å². The van der Waals surface area contributed by atoms with E-state index in [4.69, 9.17) is 10.6 Å². The molecule has 3 rings (SSSR count). The van der Waals surface area contributed by atoms with E-state index in [1.165, 1.54) is 4.57 Å². The van der Waals surface area contributed by atoms with Gasteiger partial charge in [-0.15, -0.1) is 0 Å². The largest absolute Gasteiger partial charge is 0.379 e. The Kier molecular flexibility index (Phi) is 3.96. The van der Waals surface area contributed by atoms with Crippen molar-refractivity contribution in [2.75, 3.05) is 38.3 Å². The zero-order valence-corrected chi connectivity index (χ0v) is 12.3. The van der Waals surface area contributed by atoms with Crippen molar-refractivity contribution in [3.63, 3.8) is 0 Å². The molecule has 2 aromatic heterocycles. The van der Waals surface area contributed by atoms with Crippen molar-refractivity contribution in [2.45, 2.75) is 6.54 Å². The number of aryl methyl sites for hydroxylation is 1. The first-order valence-corrected chi connectivity index (χ1v) is 7.08. The number of nitrogens with zero attached hydrogens (tertiary/aromatic N) is 4. The predicted molar refractivity (Wildman–Crippen MR) is 80.7 cm³/mol. The Morgan fingerprint density at radius 3 is 2.73 bits per heavy atom. The van der Waals surface area contributed by atoms with Gasteiger partial charge in [0.25, 0.3) is 5.56 Å². The summed E-state index contributed by atoms with van der Waals surface area (Å²) >= 11 is 0. The van der Waals surface area contributed by atoms with Crippen LogP contribution in [0.5, 0.6) is 0 Å². The third-order valence-electron chi connectivity index (χ3n) is 3.88. The molecular weight excluding hydrogens is 290 g/mol. The van der Waals surface area contributed by atoms with E-state index in [2.05, 4.69) is 20.3 Å². The van der Waals surface area contributed by atoms with E-state index in [9.17, 15) is 9.59 Å². The number of rotatable bonds is 4. The zero-order chi connectivity index (χ0) is 15.7. The smallest absolute Gasteiger partial charge is 0.329 e. The molecule has 0 spiro atoms. The second-order valence-electron chi connectivity index (χ2n) is 5.18. The summed E-state index contributed by atoms with van der Waals surface area (Å²) in [4.78, 5) is 32.5. The maximum atomic E-state index is 12.1. The Bertz CT molecular complexity index is 784. The summed E-state index contributed by atoms with van der Waals surface area (Å²) in [5.41, 5.74) is 2.17. The van der Waals surface area contributed by atoms with Crippen molar-refractivity contribution in [3.05, 3.63) is 20.8 Å². The third kappa shape index (κ3) is 2.51. The first-order chi connectivity index (χ1) is 10.6. The van der Waals surface area contributed by atoms with Crippen molar-refractivity contribution in [1.29, 1.82) is 0 Å². The molecule has 0 aliphatic carbocycles. The number of hydrazine groups is 1. The van der Waals surface area contributed by atoms with Crippen molar-refractivity contribution >= 4 is 17.1 Å². The van der Waals surface area contributed by atoms with E-state index in [-0.39, 0.29) is 0 Å². The van der Waals surface area contributed by atoms with Gasteiger partial charge in [0.2, 0.25) is 5.95 Å². The topological polar surface area (TPSA) is 123 Å². The van der Waals surface area contributed by atoms with Crippen molar-refractivity contribution < 1.29 is 4.74 Å². The van der Waals surface area contributed by atoms with Crippen molar-refractivity contribution in [3.8, 4) is 0 Å². The maximum Gasteiger partial charge on any atom is 0.329 e. The molecular formula is C12H19N7O3. The van der Waals surface area contributed by atoms with Crippen molar-refractivity contribution in [1.82, 2.24) is 24.0 Å². The summed E-state index contributed by atoms with van der Waals surface area (Å²) in [6, 6.07) is 0. The van der Waals surface area contributed by atoms with Gasteiger partial charge in [-0.05, 0) is 0 Å². The average Bonchev–Trinajstić information content (AvgIpc) is 2.91. The minimum absolute atomic E-state index is 0.309. The average molecular weight is 309 g/mol. The van der Waals surface area contributed by atoms with E-state index in [0.717, 1.165) is 19.6 Å². The Morgan fingerprint density at radius 1 is 1.32 bits per heavy atom. The number of aromatic nitrogens is 4. The lowest BCUT2D eigenvalue weighted by Crippen LogP contribution is -2.38. The van der Waals surface area contributed by atoms with Crippen LogP contribution in [0.15, 0.2) is 9.59 Å². The standard InChI is InChI=1S/C12H19N7O3/c1-17-9-8(10(20)15-12(17)21)19(11(14-9)16-13)3-2-18-4-6-22-7-5-18/h2-7,13H2,1H3,(H,14,16)(H,15,20,21). The highest BCUT2D eigenvalue weighted by Crippen LogP contribution is 2.14. The van der Waals surface area contributed by atoms with Crippen LogP contribution in [0.25, 0.3) is 11.2 Å². The number of nitrogens with two attached hydrogens (primary N) is 1. The number of hydrogen-bond acceptors (Lipinski definition) is 7. The molecule has 0 atom stereocenters. The SMILES string of the molecule is Cn1c(=O)[nH]c(=O)c2c1nc(NN)n2CCN1CCOCC1. The molecule has 1 aliphatic heterocycles. The summed E-state index contributed by atoms with van der Waals surface area (Å²) in [5.74, 6) is 5.85. The second-order valence-corrected chi connectivity index (χ2v) is 5.18. The monoisotopic (exact) mass is 309 g/mol. The predicted octanol–water partition coefficient (Wildman–Crippen LogP) is -1.96. The molecule has 10 nitrogen and oxygen atoms in total. The molecule has 3 heterocycles. The normalized spacial score (nSPS) is 16.3. The van der Waals surface area contributed by atoms with Gasteiger partial charge in [0.15, 0.2) is 11.2 Å². The van der Waals surface area contributed by atoms with Gasteiger partial charge in [0.05, 0.1) is 13.2 Å². The number of nitrogens with one attached hydrogen (secondary N) is 2. The fourth-order valence-corrected chi connectivity index (χ4v) is 2.63. The first-order valence-electron chi connectivity index (χ1n) is 7.08. The fourth-order valence-electron chi connectivity index (χ4n) is 2.63. The molecule has 4 N–H and O–H groups in total. The van der Waals surface area contributed by atoms with E-state index >= 15 is 0 Å². The van der Waals surface area contributed by atoms with Gasteiger partial charge in [-0.3, -0.25) is 24.7 Å². The van der Waals surface area contributed by atoms with Crippen LogP contribution in [0, 0.1) is 0 Å². The van der Waals surface area contributed by atoms with Crippen LogP contribution >= 0.6 is 0 Å². The summed E-state index contributed by atoms with van der Waals surface area (Å²) in [7, 11) is 1.56. The number of hydrogen-bond donors (Lipinski definition) is 3. The van der Waals surface area contributed by atoms with Crippen LogP contribution in [0.3, 0.4) is 0 Å². The molecule has 0 radical (unpaired) electrons. The number of H-pyrrole nitrogens is 1. The van der Waals surface area contributed by atoms with Crippen LogP contribution in [0.1, 0.15) is 0 Å². The minimum Gasteiger partial charge on any atom is -0.379 e. The quantitative estimate of drug-likeness (QED) is 0.442. The molecule has 1 aliphatic rings. The number of imidazole rings is 1. The highest BCUT2D eigenvalue weighted by molar-refractivity contribution is 5.73. The summed E-state index contributed by atoms with van der Waals surface area (Å²) < 4.78 is 8.31. The van der Waals surface area contributed by atoms with Crippen LogP contribution in [0.2, 0.25) is 0 Å². The molecule has 0 unspecified atom stereocenters. The summed E-state index contributed by atoms with van der Waals surface area (Å²) in [5, 5.41) is 0. The second kappa shape index (κ2) is 5.91. The van der Waals surface area contributed by atoms with Crippen LogP contribution < -0.4 is 22.5 Å². The van der Waals surface area contributed by atoms with Crippen molar-refractivity contribution in [2.24, 2.45) is 12.9 Å². The molecule has 120 valence electrons. The Labute approximate surface area is 125 Å². The number of aromatic amines is 1. The van der Waals surface area contributed by atoms with E-state index < -0.39 is 11.2 Å². The molecule has 0 aromatic carbocycles. The molecule has 0 saturated carbocycles. The van der Waals surface area contributed by atoms with Gasteiger partial charge < -0.3 is 9.30 Å². The Morgan fingerprint density at radius 2 is 2.05 bits per heavy atom. The van der Waals surface area contributed by atoms with Gasteiger partial charge in [0, 0.05) is 33.2 Å². The fraction of sp³-hybridized carbons (Fsp3) is 0.583. The molecule has 1 fully saturated rings. The highest BCUT2D eigenvalue weighted by Gasteiger charge is 2.18. The van der Waals surface area contributed by atoms with Crippen LogP contribution in [-0.4, -0.2) is 56.9 Å².